The highest BCUT2D eigenvalue weighted by Gasteiger charge is 2.09. The van der Waals surface area contributed by atoms with E-state index in [-0.39, 0.29) is 24.6 Å². The van der Waals surface area contributed by atoms with Crippen LogP contribution in [0.1, 0.15) is 11.1 Å². The van der Waals surface area contributed by atoms with Gasteiger partial charge in [-0.25, -0.2) is 4.39 Å². The maximum atomic E-state index is 13.4. The zero-order chi connectivity index (χ0) is 14.5. The third kappa shape index (κ3) is 3.90. The minimum absolute atomic E-state index is 0.0439. The second-order valence-electron chi connectivity index (χ2n) is 4.51. The topological polar surface area (TPSA) is 26.3 Å². The van der Waals surface area contributed by atoms with Crippen LogP contribution < -0.4 is 4.74 Å². The van der Waals surface area contributed by atoms with E-state index in [2.05, 4.69) is 15.9 Å². The van der Waals surface area contributed by atoms with Crippen LogP contribution in [0.5, 0.6) is 5.75 Å². The highest BCUT2D eigenvalue weighted by Crippen LogP contribution is 2.22. The highest BCUT2D eigenvalue weighted by atomic mass is 79.9. The first-order valence-corrected chi connectivity index (χ1v) is 6.99. The molecule has 0 heterocycles. The summed E-state index contributed by atoms with van der Waals surface area (Å²) in [7, 11) is 0. The van der Waals surface area contributed by atoms with Gasteiger partial charge in [0.05, 0.1) is 0 Å². The van der Waals surface area contributed by atoms with Gasteiger partial charge in [0.1, 0.15) is 18.2 Å². The number of rotatable bonds is 5. The number of hydrogen-bond acceptors (Lipinski definition) is 2. The Bertz CT molecular complexity index is 626. The molecule has 0 aromatic heterocycles. The molecule has 0 spiro atoms. The number of ketones is 1. The summed E-state index contributed by atoms with van der Waals surface area (Å²) >= 11 is 3.36. The van der Waals surface area contributed by atoms with Gasteiger partial charge in [-0.05, 0) is 42.3 Å². The van der Waals surface area contributed by atoms with Crippen LogP contribution in [0.15, 0.2) is 46.9 Å². The van der Waals surface area contributed by atoms with Gasteiger partial charge in [-0.15, -0.1) is 0 Å². The molecule has 0 amide bonds. The van der Waals surface area contributed by atoms with Crippen LogP contribution in [0.25, 0.3) is 0 Å². The van der Waals surface area contributed by atoms with Crippen molar-refractivity contribution in [1.29, 1.82) is 0 Å². The van der Waals surface area contributed by atoms with E-state index in [0.29, 0.717) is 11.3 Å². The van der Waals surface area contributed by atoms with Crippen molar-refractivity contribution in [3.8, 4) is 5.75 Å². The van der Waals surface area contributed by atoms with Crippen molar-refractivity contribution in [2.24, 2.45) is 0 Å². The van der Waals surface area contributed by atoms with Crippen molar-refractivity contribution >= 4 is 21.7 Å². The van der Waals surface area contributed by atoms with E-state index in [9.17, 15) is 9.18 Å². The number of Topliss-reactive ketones (excluding diaryl/α,β-unsaturated/α-hetero) is 1. The fraction of sp³-hybridized carbons (Fsp3) is 0.188. The summed E-state index contributed by atoms with van der Waals surface area (Å²) in [4.78, 5) is 11.8. The Labute approximate surface area is 125 Å². The van der Waals surface area contributed by atoms with E-state index in [1.165, 1.54) is 6.07 Å². The molecule has 0 aliphatic heterocycles. The lowest BCUT2D eigenvalue weighted by molar-refractivity contribution is -0.120. The molecule has 0 radical (unpaired) electrons. The summed E-state index contributed by atoms with van der Waals surface area (Å²) in [5.41, 5.74) is 1.34. The number of halogens is 2. The molecule has 0 saturated carbocycles. The minimum Gasteiger partial charge on any atom is -0.486 e. The van der Waals surface area contributed by atoms with E-state index >= 15 is 0 Å². The molecule has 0 N–H and O–H groups in total. The first-order valence-electron chi connectivity index (χ1n) is 6.20. The van der Waals surface area contributed by atoms with E-state index in [4.69, 9.17) is 4.74 Å². The molecule has 0 atom stereocenters. The molecular formula is C16H14BrFO2. The molecule has 0 fully saturated rings. The Morgan fingerprint density at radius 3 is 2.70 bits per heavy atom. The third-order valence-electron chi connectivity index (χ3n) is 2.87. The average molecular weight is 337 g/mol. The van der Waals surface area contributed by atoms with Gasteiger partial charge in [-0.2, -0.15) is 0 Å². The molecule has 2 aromatic carbocycles. The van der Waals surface area contributed by atoms with Gasteiger partial charge in [0.15, 0.2) is 5.78 Å². The first-order chi connectivity index (χ1) is 9.56. The predicted molar refractivity (Wildman–Crippen MR) is 79.5 cm³/mol. The van der Waals surface area contributed by atoms with Gasteiger partial charge in [0.2, 0.25) is 0 Å². The fourth-order valence-corrected chi connectivity index (χ4v) is 2.31. The van der Waals surface area contributed by atoms with E-state index < -0.39 is 0 Å². The summed E-state index contributed by atoms with van der Waals surface area (Å²) < 4.78 is 19.9. The Morgan fingerprint density at radius 1 is 1.25 bits per heavy atom. The van der Waals surface area contributed by atoms with E-state index in [1.807, 2.05) is 19.1 Å². The predicted octanol–water partition coefficient (Wildman–Crippen LogP) is 4.09. The zero-order valence-corrected chi connectivity index (χ0v) is 12.6. The van der Waals surface area contributed by atoms with E-state index in [0.717, 1.165) is 10.0 Å². The number of carbonyl (C=O) groups excluding carboxylic acids is 1. The summed E-state index contributed by atoms with van der Waals surface area (Å²) in [6.45, 7) is 1.85. The molecule has 0 bridgehead atoms. The second kappa shape index (κ2) is 6.66. The van der Waals surface area contributed by atoms with Crippen LogP contribution in [0, 0.1) is 12.7 Å². The smallest absolute Gasteiger partial charge is 0.174 e. The Kier molecular flexibility index (Phi) is 4.90. The maximum absolute atomic E-state index is 13.4. The minimum atomic E-state index is -0.360. The third-order valence-corrected chi connectivity index (χ3v) is 3.36. The van der Waals surface area contributed by atoms with Gasteiger partial charge in [0.25, 0.3) is 0 Å². The normalized spacial score (nSPS) is 10.3. The van der Waals surface area contributed by atoms with Crippen molar-refractivity contribution in [2.75, 3.05) is 6.61 Å². The van der Waals surface area contributed by atoms with Crippen LogP contribution in [0.4, 0.5) is 4.39 Å². The second-order valence-corrected chi connectivity index (χ2v) is 5.42. The lowest BCUT2D eigenvalue weighted by Crippen LogP contribution is -2.15. The van der Waals surface area contributed by atoms with Gasteiger partial charge in [-0.1, -0.05) is 34.1 Å². The number of aryl methyl sites for hydroxylation is 1. The molecule has 0 saturated heterocycles. The Morgan fingerprint density at radius 2 is 2.00 bits per heavy atom. The molecular weight excluding hydrogens is 323 g/mol. The fourth-order valence-electron chi connectivity index (χ4n) is 1.84. The van der Waals surface area contributed by atoms with Crippen molar-refractivity contribution < 1.29 is 13.9 Å². The molecule has 2 aromatic rings. The van der Waals surface area contributed by atoms with Crippen molar-refractivity contribution in [1.82, 2.24) is 0 Å². The molecule has 4 heteroatoms. The number of carbonyl (C=O) groups is 1. The van der Waals surface area contributed by atoms with Gasteiger partial charge < -0.3 is 4.74 Å². The quantitative estimate of drug-likeness (QED) is 0.822. The van der Waals surface area contributed by atoms with Gasteiger partial charge >= 0.3 is 0 Å². The molecule has 20 heavy (non-hydrogen) atoms. The summed E-state index contributed by atoms with van der Waals surface area (Å²) in [5, 5.41) is 0. The molecule has 104 valence electrons. The Hall–Kier alpha value is -1.68. The summed E-state index contributed by atoms with van der Waals surface area (Å²) in [6.07, 6.45) is 0.0439. The molecule has 0 unspecified atom stereocenters. The SMILES string of the molecule is Cc1cc(Br)ccc1OCC(=O)Cc1ccccc1F. The number of hydrogen-bond donors (Lipinski definition) is 0. The molecule has 0 aliphatic rings. The van der Waals surface area contributed by atoms with Crippen molar-refractivity contribution in [3.05, 3.63) is 63.9 Å². The largest absolute Gasteiger partial charge is 0.486 e. The molecule has 0 aliphatic carbocycles. The zero-order valence-electron chi connectivity index (χ0n) is 11.0. The summed E-state index contributed by atoms with van der Waals surface area (Å²) in [6, 6.07) is 11.8. The van der Waals surface area contributed by atoms with Crippen LogP contribution in [0.2, 0.25) is 0 Å². The molecule has 2 rings (SSSR count). The van der Waals surface area contributed by atoms with E-state index in [1.54, 1.807) is 24.3 Å². The van der Waals surface area contributed by atoms with Crippen LogP contribution >= 0.6 is 15.9 Å². The molecule has 2 nitrogen and oxygen atoms in total. The first kappa shape index (κ1) is 14.7. The van der Waals surface area contributed by atoms with Gasteiger partial charge in [0, 0.05) is 10.9 Å². The lowest BCUT2D eigenvalue weighted by atomic mass is 10.1. The van der Waals surface area contributed by atoms with Gasteiger partial charge in [-0.3, -0.25) is 4.79 Å². The average Bonchev–Trinajstić information content (AvgIpc) is 2.40. The Balaban J connectivity index is 1.94. The van der Waals surface area contributed by atoms with Crippen molar-refractivity contribution in [2.45, 2.75) is 13.3 Å². The summed E-state index contributed by atoms with van der Waals surface area (Å²) in [5.74, 6) is 0.146. The lowest BCUT2D eigenvalue weighted by Gasteiger charge is -2.09. The van der Waals surface area contributed by atoms with Crippen LogP contribution in [0.3, 0.4) is 0 Å². The number of ether oxygens (including phenoxy) is 1. The van der Waals surface area contributed by atoms with Crippen LogP contribution in [-0.4, -0.2) is 12.4 Å². The van der Waals surface area contributed by atoms with Crippen LogP contribution in [-0.2, 0) is 11.2 Å². The highest BCUT2D eigenvalue weighted by molar-refractivity contribution is 9.10. The monoisotopic (exact) mass is 336 g/mol. The number of benzene rings is 2. The standard InChI is InChI=1S/C16H14BrFO2/c1-11-8-13(17)6-7-16(11)20-10-14(19)9-12-4-2-3-5-15(12)18/h2-8H,9-10H2,1H3. The maximum Gasteiger partial charge on any atom is 0.174 e. The van der Waals surface area contributed by atoms with Crippen molar-refractivity contribution in [3.63, 3.8) is 0 Å².